The van der Waals surface area contributed by atoms with E-state index < -0.39 is 11.7 Å². The molecule has 0 atom stereocenters. The number of ether oxygens (including phenoxy) is 1. The van der Waals surface area contributed by atoms with Gasteiger partial charge in [-0.25, -0.2) is 0 Å². The predicted molar refractivity (Wildman–Crippen MR) is 62.4 cm³/mol. The first-order valence-corrected chi connectivity index (χ1v) is 6.19. The van der Waals surface area contributed by atoms with Gasteiger partial charge >= 0.3 is 6.18 Å². The van der Waals surface area contributed by atoms with Crippen LogP contribution in [0.4, 0.5) is 13.2 Å². The van der Waals surface area contributed by atoms with Gasteiger partial charge in [-0.15, -0.1) is 0 Å². The van der Waals surface area contributed by atoms with Gasteiger partial charge in [0.15, 0.2) is 5.78 Å². The van der Waals surface area contributed by atoms with Gasteiger partial charge in [0, 0.05) is 10.4 Å². The molecule has 1 aliphatic carbocycles. The van der Waals surface area contributed by atoms with E-state index in [4.69, 9.17) is 4.74 Å². The third kappa shape index (κ3) is 3.25. The van der Waals surface area contributed by atoms with Crippen LogP contribution >= 0.6 is 15.9 Å². The molecule has 0 radical (unpaired) electrons. The second-order valence-corrected chi connectivity index (χ2v) is 5.08. The van der Waals surface area contributed by atoms with Gasteiger partial charge in [-0.1, -0.05) is 15.9 Å². The Bertz CT molecular complexity index is 467. The fourth-order valence-electron chi connectivity index (χ4n) is 1.52. The minimum Gasteiger partial charge on any atom is -0.485 e. The van der Waals surface area contributed by atoms with Crippen LogP contribution in [0.2, 0.25) is 0 Å². The van der Waals surface area contributed by atoms with Crippen LogP contribution in [0.3, 0.4) is 0 Å². The third-order valence-corrected chi connectivity index (χ3v) is 3.14. The molecule has 0 saturated heterocycles. The van der Waals surface area contributed by atoms with E-state index in [2.05, 4.69) is 15.9 Å². The number of hydrogen-bond acceptors (Lipinski definition) is 2. The summed E-state index contributed by atoms with van der Waals surface area (Å²) in [6.45, 7) is -0.296. The Hall–Kier alpha value is -1.04. The third-order valence-electron chi connectivity index (χ3n) is 2.65. The molecule has 0 bridgehead atoms. The van der Waals surface area contributed by atoms with E-state index in [0.717, 1.165) is 18.9 Å². The van der Waals surface area contributed by atoms with E-state index >= 15 is 0 Å². The largest absolute Gasteiger partial charge is 0.485 e. The minimum atomic E-state index is -4.50. The van der Waals surface area contributed by atoms with Crippen molar-refractivity contribution in [3.63, 3.8) is 0 Å². The summed E-state index contributed by atoms with van der Waals surface area (Å²) in [6.07, 6.45) is -2.87. The van der Waals surface area contributed by atoms with Crippen molar-refractivity contribution in [2.75, 3.05) is 6.61 Å². The van der Waals surface area contributed by atoms with Crippen molar-refractivity contribution in [1.82, 2.24) is 0 Å². The first-order valence-electron chi connectivity index (χ1n) is 5.40. The fourth-order valence-corrected chi connectivity index (χ4v) is 1.88. The van der Waals surface area contributed by atoms with Crippen molar-refractivity contribution in [1.29, 1.82) is 0 Å². The lowest BCUT2D eigenvalue weighted by Crippen LogP contribution is -2.15. The molecule has 98 valence electrons. The highest BCUT2D eigenvalue weighted by Gasteiger charge is 2.35. The van der Waals surface area contributed by atoms with E-state index in [0.29, 0.717) is 4.47 Å². The molecule has 2 nitrogen and oxygen atoms in total. The van der Waals surface area contributed by atoms with Crippen LogP contribution in [0.25, 0.3) is 0 Å². The molecular weight excluding hydrogens is 313 g/mol. The zero-order valence-electron chi connectivity index (χ0n) is 9.26. The number of Topliss-reactive ketones (excluding diaryl/α,β-unsaturated/α-hetero) is 1. The number of carbonyl (C=O) groups excluding carboxylic acids is 1. The summed E-state index contributed by atoms with van der Waals surface area (Å²) in [5, 5.41) is 0. The number of halogens is 4. The Kier molecular flexibility index (Phi) is 3.66. The highest BCUT2D eigenvalue weighted by Crippen LogP contribution is 2.38. The summed E-state index contributed by atoms with van der Waals surface area (Å²) in [4.78, 5) is 11.4. The summed E-state index contributed by atoms with van der Waals surface area (Å²) in [7, 11) is 0. The van der Waals surface area contributed by atoms with Gasteiger partial charge in [0.25, 0.3) is 0 Å². The van der Waals surface area contributed by atoms with E-state index in [9.17, 15) is 18.0 Å². The summed E-state index contributed by atoms with van der Waals surface area (Å²) in [5.74, 6) is -0.458. The molecule has 0 heterocycles. The Morgan fingerprint density at radius 2 is 2.06 bits per heavy atom. The van der Waals surface area contributed by atoms with Crippen molar-refractivity contribution < 1.29 is 22.7 Å². The van der Waals surface area contributed by atoms with E-state index in [-0.39, 0.29) is 24.1 Å². The molecule has 0 spiro atoms. The van der Waals surface area contributed by atoms with Crippen LogP contribution < -0.4 is 4.74 Å². The summed E-state index contributed by atoms with van der Waals surface area (Å²) < 4.78 is 43.5. The molecule has 0 aliphatic heterocycles. The topological polar surface area (TPSA) is 26.3 Å². The maximum atomic E-state index is 12.7. The monoisotopic (exact) mass is 322 g/mol. The molecule has 0 aromatic heterocycles. The SMILES string of the molecule is O=C(COc1ccc(Br)cc1C(F)(F)F)C1CC1. The Morgan fingerprint density at radius 3 is 2.61 bits per heavy atom. The molecular formula is C12H10BrF3O2. The highest BCUT2D eigenvalue weighted by molar-refractivity contribution is 9.10. The van der Waals surface area contributed by atoms with Gasteiger partial charge in [-0.05, 0) is 31.0 Å². The van der Waals surface area contributed by atoms with Crippen molar-refractivity contribution in [2.45, 2.75) is 19.0 Å². The maximum Gasteiger partial charge on any atom is 0.420 e. The van der Waals surface area contributed by atoms with Gasteiger partial charge in [-0.3, -0.25) is 4.79 Å². The van der Waals surface area contributed by atoms with Crippen LogP contribution in [-0.4, -0.2) is 12.4 Å². The number of hydrogen-bond donors (Lipinski definition) is 0. The Morgan fingerprint density at radius 1 is 1.39 bits per heavy atom. The molecule has 1 fully saturated rings. The first-order chi connectivity index (χ1) is 8.38. The molecule has 1 aliphatic rings. The average molecular weight is 323 g/mol. The lowest BCUT2D eigenvalue weighted by atomic mass is 10.2. The number of alkyl halides is 3. The minimum absolute atomic E-state index is 0.0187. The Labute approximate surface area is 110 Å². The van der Waals surface area contributed by atoms with Crippen LogP contribution in [0.1, 0.15) is 18.4 Å². The molecule has 1 aromatic rings. The van der Waals surface area contributed by atoms with E-state index in [1.54, 1.807) is 0 Å². The molecule has 1 aromatic carbocycles. The second kappa shape index (κ2) is 4.91. The van der Waals surface area contributed by atoms with E-state index in [1.165, 1.54) is 12.1 Å². The van der Waals surface area contributed by atoms with Gasteiger partial charge in [0.2, 0.25) is 0 Å². The smallest absolute Gasteiger partial charge is 0.420 e. The van der Waals surface area contributed by atoms with Crippen molar-refractivity contribution >= 4 is 21.7 Å². The first kappa shape index (κ1) is 13.4. The molecule has 2 rings (SSSR count). The zero-order chi connectivity index (χ0) is 13.3. The van der Waals surface area contributed by atoms with Gasteiger partial charge < -0.3 is 4.74 Å². The summed E-state index contributed by atoms with van der Waals surface area (Å²) in [5.41, 5.74) is -0.875. The van der Waals surface area contributed by atoms with Crippen LogP contribution in [0, 0.1) is 5.92 Å². The molecule has 0 unspecified atom stereocenters. The standard InChI is InChI=1S/C12H10BrF3O2/c13-8-3-4-11(9(5-8)12(14,15)16)18-6-10(17)7-1-2-7/h3-5,7H,1-2,6H2. The fraction of sp³-hybridized carbons (Fsp3) is 0.417. The van der Waals surface area contributed by atoms with Crippen molar-refractivity contribution in [3.8, 4) is 5.75 Å². The maximum absolute atomic E-state index is 12.7. The zero-order valence-corrected chi connectivity index (χ0v) is 10.8. The lowest BCUT2D eigenvalue weighted by molar-refractivity contribution is -0.139. The lowest BCUT2D eigenvalue weighted by Gasteiger charge is -2.13. The van der Waals surface area contributed by atoms with Crippen LogP contribution in [-0.2, 0) is 11.0 Å². The van der Waals surface area contributed by atoms with Gasteiger partial charge in [-0.2, -0.15) is 13.2 Å². The van der Waals surface area contributed by atoms with Crippen molar-refractivity contribution in [3.05, 3.63) is 28.2 Å². The predicted octanol–water partition coefficient (Wildman–Crippen LogP) is 3.83. The molecule has 18 heavy (non-hydrogen) atoms. The number of rotatable bonds is 4. The van der Waals surface area contributed by atoms with Crippen molar-refractivity contribution in [2.24, 2.45) is 5.92 Å². The highest BCUT2D eigenvalue weighted by atomic mass is 79.9. The molecule has 0 amide bonds. The second-order valence-electron chi connectivity index (χ2n) is 4.17. The van der Waals surface area contributed by atoms with Gasteiger partial charge in [0.05, 0.1) is 5.56 Å². The average Bonchev–Trinajstić information content (AvgIpc) is 3.09. The van der Waals surface area contributed by atoms with Crippen LogP contribution in [0.5, 0.6) is 5.75 Å². The Balaban J connectivity index is 2.13. The molecule has 0 N–H and O–H groups in total. The summed E-state index contributed by atoms with van der Waals surface area (Å²) in [6, 6.07) is 3.61. The summed E-state index contributed by atoms with van der Waals surface area (Å²) >= 11 is 2.98. The number of carbonyl (C=O) groups is 1. The normalized spacial score (nSPS) is 15.6. The number of ketones is 1. The van der Waals surface area contributed by atoms with Gasteiger partial charge in [0.1, 0.15) is 12.4 Å². The number of benzene rings is 1. The van der Waals surface area contributed by atoms with Crippen LogP contribution in [0.15, 0.2) is 22.7 Å². The van der Waals surface area contributed by atoms with E-state index in [1.807, 2.05) is 0 Å². The molecule has 1 saturated carbocycles. The molecule has 6 heteroatoms. The quantitative estimate of drug-likeness (QED) is 0.842.